The van der Waals surface area contributed by atoms with Crippen LogP contribution >= 0.6 is 0 Å². The lowest BCUT2D eigenvalue weighted by Gasteiger charge is -2.62. The van der Waals surface area contributed by atoms with Crippen LogP contribution in [0.5, 0.6) is 11.5 Å². The summed E-state index contributed by atoms with van der Waals surface area (Å²) in [5, 5.41) is 23.3. The molecule has 1 aromatic carbocycles. The maximum Gasteiger partial charge on any atom is 0.216 e. The zero-order chi connectivity index (χ0) is 25.0. The van der Waals surface area contributed by atoms with Crippen molar-refractivity contribution in [2.45, 2.75) is 101 Å². The molecule has 2 aliphatic heterocycles. The van der Waals surface area contributed by atoms with Gasteiger partial charge in [0.1, 0.15) is 0 Å². The van der Waals surface area contributed by atoms with Crippen molar-refractivity contribution in [3.8, 4) is 11.5 Å². The molecule has 0 aromatic heterocycles. The fourth-order valence-electron chi connectivity index (χ4n) is 7.61. The Hall–Kier alpha value is -2.18. The first-order valence-electron chi connectivity index (χ1n) is 13.5. The lowest BCUT2D eigenvalue weighted by atomic mass is 9.44. The van der Waals surface area contributed by atoms with Crippen molar-refractivity contribution < 1.29 is 24.5 Å². The van der Waals surface area contributed by atoms with Crippen molar-refractivity contribution in [2.75, 3.05) is 13.6 Å². The maximum atomic E-state index is 14.4. The van der Waals surface area contributed by atoms with E-state index in [-0.39, 0.29) is 42.1 Å². The highest BCUT2D eigenvalue weighted by Gasteiger charge is 2.80. The van der Waals surface area contributed by atoms with Crippen LogP contribution in [-0.2, 0) is 21.4 Å². The number of ether oxygens (including phenoxy) is 1. The van der Waals surface area contributed by atoms with Crippen LogP contribution in [0.1, 0.15) is 82.8 Å². The molecule has 35 heavy (non-hydrogen) atoms. The number of rotatable bonds is 10. The average molecular weight is 482 g/mol. The molecule has 0 saturated carbocycles. The molecule has 2 bridgehead atoms. The van der Waals surface area contributed by atoms with Gasteiger partial charge in [-0.1, -0.05) is 51.7 Å². The summed E-state index contributed by atoms with van der Waals surface area (Å²) in [5.41, 5.74) is -2.81. The highest BCUT2D eigenvalue weighted by molar-refractivity contribution is 6.04. The molecule has 1 spiro atoms. The highest BCUT2D eigenvalue weighted by Crippen LogP contribution is 2.69. The number of unbranched alkanes of at least 4 members (excludes halogenated alkanes) is 4. The number of phenolic OH excluding ortho intramolecular Hbond substituents is 1. The Morgan fingerprint density at radius 1 is 1.09 bits per heavy atom. The topological polar surface area (TPSA) is 87.1 Å². The first-order chi connectivity index (χ1) is 16.8. The summed E-state index contributed by atoms with van der Waals surface area (Å²) >= 11 is 0. The fourth-order valence-corrected chi connectivity index (χ4v) is 7.61. The Bertz CT molecular complexity index is 1070. The smallest absolute Gasteiger partial charge is 0.216 e. The summed E-state index contributed by atoms with van der Waals surface area (Å²) in [6.07, 6.45) is 10.4. The summed E-state index contributed by atoms with van der Waals surface area (Å²) in [4.78, 5) is 30.6. The summed E-state index contributed by atoms with van der Waals surface area (Å²) < 4.78 is 6.63. The normalized spacial score (nSPS) is 34.4. The van der Waals surface area contributed by atoms with Crippen molar-refractivity contribution in [1.29, 1.82) is 0 Å². The van der Waals surface area contributed by atoms with Gasteiger partial charge in [-0.15, -0.1) is 0 Å². The Morgan fingerprint density at radius 3 is 2.46 bits per heavy atom. The monoisotopic (exact) mass is 481 g/mol. The van der Waals surface area contributed by atoms with Gasteiger partial charge in [0, 0.05) is 30.4 Å². The number of likely N-dealkylation sites (N-methyl/N-ethyl adjacent to an activating group) is 1. The molecule has 0 radical (unpaired) electrons. The number of aromatic hydroxyl groups is 1. The molecule has 190 valence electrons. The van der Waals surface area contributed by atoms with E-state index in [1.165, 1.54) is 0 Å². The number of piperidine rings is 1. The minimum Gasteiger partial charge on any atom is -0.504 e. The largest absolute Gasteiger partial charge is 0.504 e. The van der Waals surface area contributed by atoms with Gasteiger partial charge in [-0.25, -0.2) is 0 Å². The number of Topliss-reactive ketones (excluding diaryl/α,β-unsaturated/α-hetero) is 2. The van der Waals surface area contributed by atoms with Crippen LogP contribution < -0.4 is 4.74 Å². The second-order valence-electron chi connectivity index (χ2n) is 11.1. The molecule has 2 aliphatic carbocycles. The van der Waals surface area contributed by atoms with Crippen LogP contribution in [0.3, 0.4) is 0 Å². The van der Waals surface area contributed by atoms with Gasteiger partial charge in [-0.2, -0.15) is 0 Å². The Balaban J connectivity index is 1.74. The van der Waals surface area contributed by atoms with E-state index in [0.717, 1.165) is 49.8 Å². The van der Waals surface area contributed by atoms with Crippen LogP contribution in [0.25, 0.3) is 0 Å². The number of ketones is 2. The first kappa shape index (κ1) is 24.5. The molecule has 5 rings (SSSR count). The van der Waals surface area contributed by atoms with Gasteiger partial charge in [0.15, 0.2) is 28.7 Å². The Morgan fingerprint density at radius 2 is 1.77 bits per heavy atom. The number of carbonyl (C=O) groups excluding carboxylic acids is 2. The lowest BCUT2D eigenvalue weighted by molar-refractivity contribution is -0.190. The maximum absolute atomic E-state index is 14.4. The van der Waals surface area contributed by atoms with Gasteiger partial charge in [0.25, 0.3) is 0 Å². The van der Waals surface area contributed by atoms with Crippen LogP contribution in [0.4, 0.5) is 0 Å². The van der Waals surface area contributed by atoms with E-state index in [0.29, 0.717) is 25.0 Å². The van der Waals surface area contributed by atoms with Crippen LogP contribution in [0.2, 0.25) is 0 Å². The molecular weight excluding hydrogens is 442 g/mol. The third-order valence-electron chi connectivity index (χ3n) is 9.30. The zero-order valence-electron chi connectivity index (χ0n) is 21.3. The number of nitrogens with zero attached hydrogens (tertiary/aromatic N) is 1. The van der Waals surface area contributed by atoms with E-state index in [9.17, 15) is 19.8 Å². The minimum atomic E-state index is -2.07. The van der Waals surface area contributed by atoms with Gasteiger partial charge in [0.2, 0.25) is 5.60 Å². The number of likely N-dealkylation sites (tertiary alicyclic amines) is 1. The third-order valence-corrected chi connectivity index (χ3v) is 9.30. The van der Waals surface area contributed by atoms with Crippen molar-refractivity contribution in [3.05, 3.63) is 35.4 Å². The quantitative estimate of drug-likeness (QED) is 0.384. The van der Waals surface area contributed by atoms with E-state index in [1.54, 1.807) is 12.1 Å². The van der Waals surface area contributed by atoms with Crippen molar-refractivity contribution in [3.63, 3.8) is 0 Å². The number of hydrogen-bond acceptors (Lipinski definition) is 6. The lowest BCUT2D eigenvalue weighted by Crippen LogP contribution is -2.79. The molecule has 0 amide bonds. The molecule has 2 N–H and O–H groups in total. The number of hydrogen-bond donors (Lipinski definition) is 2. The standard InChI is InChI=1S/C29H39NO5/c1-4-6-8-10-23(32)28(34)15-14-20-21-18-19-12-13-22(31)26-25(19)27(20,16-17-30(21)3)29(28,35-26)24(33)11-9-7-5-2/h12-15,20-21,31,34H,4-11,16-18H2,1-3H3/t20-,21+,27-,28+,29+/m0/s1. The molecule has 6 nitrogen and oxygen atoms in total. The third kappa shape index (κ3) is 3.08. The van der Waals surface area contributed by atoms with E-state index >= 15 is 0 Å². The highest BCUT2D eigenvalue weighted by atomic mass is 16.5. The summed E-state index contributed by atoms with van der Waals surface area (Å²) in [5.74, 6) is -0.379. The molecule has 6 heteroatoms. The molecule has 1 fully saturated rings. The predicted octanol–water partition coefficient (Wildman–Crippen LogP) is 4.24. The molecule has 0 unspecified atom stereocenters. The molecular formula is C29H39NO5. The van der Waals surface area contributed by atoms with Crippen molar-refractivity contribution in [1.82, 2.24) is 4.90 Å². The summed E-state index contributed by atoms with van der Waals surface area (Å²) in [6.45, 7) is 4.89. The van der Waals surface area contributed by atoms with Gasteiger partial charge in [-0.3, -0.25) is 9.59 Å². The number of carbonyl (C=O) groups is 2. The first-order valence-corrected chi connectivity index (χ1v) is 13.5. The molecule has 2 heterocycles. The van der Waals surface area contributed by atoms with Crippen LogP contribution in [0.15, 0.2) is 24.3 Å². The Kier molecular flexibility index (Phi) is 6.12. The van der Waals surface area contributed by atoms with E-state index in [4.69, 9.17) is 4.74 Å². The number of phenols is 1. The molecule has 4 aliphatic rings. The van der Waals surface area contributed by atoms with E-state index < -0.39 is 16.6 Å². The number of aliphatic hydroxyl groups is 1. The molecule has 5 atom stereocenters. The zero-order valence-corrected chi connectivity index (χ0v) is 21.3. The molecule has 1 saturated heterocycles. The second kappa shape index (κ2) is 8.74. The van der Waals surface area contributed by atoms with Gasteiger partial charge < -0.3 is 19.8 Å². The van der Waals surface area contributed by atoms with Gasteiger partial charge in [-0.05, 0) is 57.0 Å². The number of benzene rings is 1. The van der Waals surface area contributed by atoms with Crippen molar-refractivity contribution in [2.24, 2.45) is 5.92 Å². The van der Waals surface area contributed by atoms with Crippen LogP contribution in [-0.4, -0.2) is 57.5 Å². The van der Waals surface area contributed by atoms with E-state index in [2.05, 4.69) is 25.8 Å². The second-order valence-corrected chi connectivity index (χ2v) is 11.1. The fraction of sp³-hybridized carbons (Fsp3) is 0.655. The van der Waals surface area contributed by atoms with Crippen LogP contribution in [0, 0.1) is 5.92 Å². The SMILES string of the molecule is CCCCCC(=O)[C@@]12Oc3c(O)ccc4c3[C@@]13CCN(C)[C@H](C4)[C@@H]3C=C[C@@]2(O)C(=O)CCCCC. The Labute approximate surface area is 208 Å². The van der Waals surface area contributed by atoms with E-state index in [1.807, 2.05) is 12.1 Å². The minimum absolute atomic E-state index is 0.0230. The summed E-state index contributed by atoms with van der Waals surface area (Å²) in [6, 6.07) is 3.69. The van der Waals surface area contributed by atoms with Gasteiger partial charge in [0.05, 0.1) is 5.41 Å². The summed E-state index contributed by atoms with van der Waals surface area (Å²) in [7, 11) is 2.11. The average Bonchev–Trinajstić information content (AvgIpc) is 3.17. The van der Waals surface area contributed by atoms with Crippen molar-refractivity contribution >= 4 is 11.6 Å². The predicted molar refractivity (Wildman–Crippen MR) is 134 cm³/mol. The van der Waals surface area contributed by atoms with Gasteiger partial charge >= 0.3 is 0 Å². The molecule has 1 aromatic rings.